The Morgan fingerprint density at radius 1 is 1.26 bits per heavy atom. The molecule has 1 spiro atoms. The summed E-state index contributed by atoms with van der Waals surface area (Å²) in [6.45, 7) is 3.04. The van der Waals surface area contributed by atoms with E-state index < -0.39 is 0 Å². The van der Waals surface area contributed by atoms with Crippen LogP contribution in [0.2, 0.25) is 0 Å². The summed E-state index contributed by atoms with van der Waals surface area (Å²) >= 11 is 0. The highest BCUT2D eigenvalue weighted by Gasteiger charge is 2.39. The first-order valence-corrected chi connectivity index (χ1v) is 8.07. The van der Waals surface area contributed by atoms with E-state index in [4.69, 9.17) is 15.2 Å². The summed E-state index contributed by atoms with van der Waals surface area (Å²) in [6.07, 6.45) is 11.4. The number of hydrogen-bond donors (Lipinski definition) is 1. The van der Waals surface area contributed by atoms with Crippen LogP contribution in [0.1, 0.15) is 64.7 Å². The normalized spacial score (nSPS) is 30.2. The molecule has 2 N–H and O–H groups in total. The molecule has 19 heavy (non-hydrogen) atoms. The van der Waals surface area contributed by atoms with Crippen molar-refractivity contribution in [3.8, 4) is 0 Å². The van der Waals surface area contributed by atoms with E-state index >= 15 is 0 Å². The number of hydrogen-bond acceptors (Lipinski definition) is 3. The zero-order valence-electron chi connectivity index (χ0n) is 12.7. The van der Waals surface area contributed by atoms with Gasteiger partial charge in [-0.1, -0.05) is 19.3 Å². The zero-order valence-corrected chi connectivity index (χ0v) is 12.7. The lowest BCUT2D eigenvalue weighted by molar-refractivity contribution is -0.120. The van der Waals surface area contributed by atoms with Gasteiger partial charge >= 0.3 is 0 Å². The lowest BCUT2D eigenvalue weighted by atomic mass is 9.73. The fourth-order valence-corrected chi connectivity index (χ4v) is 3.76. The van der Waals surface area contributed by atoms with Crippen LogP contribution in [0.5, 0.6) is 0 Å². The molecule has 3 nitrogen and oxygen atoms in total. The molecule has 0 radical (unpaired) electrons. The third-order valence-corrected chi connectivity index (χ3v) is 5.21. The molecule has 0 aromatic heterocycles. The maximum absolute atomic E-state index is 6.43. The van der Waals surface area contributed by atoms with Gasteiger partial charge in [-0.2, -0.15) is 0 Å². The molecule has 2 rings (SSSR count). The first-order chi connectivity index (χ1) is 9.15. The van der Waals surface area contributed by atoms with Crippen molar-refractivity contribution in [3.63, 3.8) is 0 Å². The number of nitrogens with two attached hydrogens (primary N) is 1. The van der Waals surface area contributed by atoms with Crippen molar-refractivity contribution in [2.45, 2.75) is 82.5 Å². The second-order valence-electron chi connectivity index (χ2n) is 6.63. The second-order valence-corrected chi connectivity index (χ2v) is 6.63. The Labute approximate surface area is 118 Å². The largest absolute Gasteiger partial charge is 0.382 e. The van der Waals surface area contributed by atoms with Gasteiger partial charge in [0.1, 0.15) is 0 Å². The molecule has 3 unspecified atom stereocenters. The standard InChI is InChI=1S/C16H31NO2/c1-13(18-2)6-7-15(17)14-8-11-19-16(12-14)9-4-3-5-10-16/h13-15H,3-12,17H2,1-2H3. The van der Waals surface area contributed by atoms with E-state index in [0.717, 1.165) is 25.9 Å². The smallest absolute Gasteiger partial charge is 0.0685 e. The van der Waals surface area contributed by atoms with E-state index in [1.54, 1.807) is 7.11 Å². The Morgan fingerprint density at radius 3 is 2.68 bits per heavy atom. The minimum atomic E-state index is 0.186. The molecule has 0 aromatic rings. The van der Waals surface area contributed by atoms with Crippen molar-refractivity contribution in [2.24, 2.45) is 11.7 Å². The molecule has 1 aliphatic heterocycles. The summed E-state index contributed by atoms with van der Waals surface area (Å²) in [5, 5.41) is 0. The molecule has 1 saturated carbocycles. The molecule has 0 amide bonds. The summed E-state index contributed by atoms with van der Waals surface area (Å²) in [4.78, 5) is 0. The van der Waals surface area contributed by atoms with E-state index in [1.807, 2.05) is 0 Å². The van der Waals surface area contributed by atoms with E-state index in [9.17, 15) is 0 Å². The average molecular weight is 269 g/mol. The van der Waals surface area contributed by atoms with Crippen LogP contribution in [0, 0.1) is 5.92 Å². The molecular weight excluding hydrogens is 238 g/mol. The van der Waals surface area contributed by atoms with E-state index in [0.29, 0.717) is 18.1 Å². The fourth-order valence-electron chi connectivity index (χ4n) is 3.76. The van der Waals surface area contributed by atoms with Crippen LogP contribution in [0.25, 0.3) is 0 Å². The van der Waals surface area contributed by atoms with Gasteiger partial charge in [0.05, 0.1) is 11.7 Å². The van der Waals surface area contributed by atoms with Crippen LogP contribution in [0.4, 0.5) is 0 Å². The van der Waals surface area contributed by atoms with Crippen molar-refractivity contribution in [2.75, 3.05) is 13.7 Å². The van der Waals surface area contributed by atoms with E-state index in [-0.39, 0.29) is 5.60 Å². The first-order valence-electron chi connectivity index (χ1n) is 8.07. The van der Waals surface area contributed by atoms with Crippen molar-refractivity contribution in [1.29, 1.82) is 0 Å². The first kappa shape index (κ1) is 15.3. The third kappa shape index (κ3) is 4.17. The molecule has 1 heterocycles. The lowest BCUT2D eigenvalue weighted by Gasteiger charge is -2.45. The molecule has 0 aromatic carbocycles. The fraction of sp³-hybridized carbons (Fsp3) is 1.00. The van der Waals surface area contributed by atoms with Gasteiger partial charge in [0.25, 0.3) is 0 Å². The summed E-state index contributed by atoms with van der Waals surface area (Å²) in [6, 6.07) is 0.320. The van der Waals surface area contributed by atoms with Crippen LogP contribution < -0.4 is 5.73 Å². The summed E-state index contributed by atoms with van der Waals surface area (Å²) in [5.74, 6) is 0.649. The Morgan fingerprint density at radius 2 is 2.00 bits per heavy atom. The maximum atomic E-state index is 6.43. The molecule has 2 fully saturated rings. The minimum absolute atomic E-state index is 0.186. The average Bonchev–Trinajstić information content (AvgIpc) is 2.45. The predicted octanol–water partition coefficient (Wildman–Crippen LogP) is 3.26. The predicted molar refractivity (Wildman–Crippen MR) is 78.2 cm³/mol. The molecular formula is C16H31NO2. The number of rotatable bonds is 5. The second kappa shape index (κ2) is 7.05. The Kier molecular flexibility index (Phi) is 5.67. The van der Waals surface area contributed by atoms with Gasteiger partial charge in [-0.15, -0.1) is 0 Å². The molecule has 0 bridgehead atoms. The lowest BCUT2D eigenvalue weighted by Crippen LogP contribution is -2.46. The Balaban J connectivity index is 1.82. The molecule has 1 saturated heterocycles. The highest BCUT2D eigenvalue weighted by Crippen LogP contribution is 2.41. The van der Waals surface area contributed by atoms with E-state index in [2.05, 4.69) is 6.92 Å². The summed E-state index contributed by atoms with van der Waals surface area (Å²) < 4.78 is 11.5. The van der Waals surface area contributed by atoms with Crippen molar-refractivity contribution in [1.82, 2.24) is 0 Å². The van der Waals surface area contributed by atoms with Crippen LogP contribution in [0.15, 0.2) is 0 Å². The third-order valence-electron chi connectivity index (χ3n) is 5.21. The minimum Gasteiger partial charge on any atom is -0.382 e. The van der Waals surface area contributed by atoms with Gasteiger partial charge in [0.15, 0.2) is 0 Å². The van der Waals surface area contributed by atoms with Gasteiger partial charge in [-0.05, 0) is 51.4 Å². The monoisotopic (exact) mass is 269 g/mol. The van der Waals surface area contributed by atoms with Gasteiger partial charge in [0, 0.05) is 19.8 Å². The van der Waals surface area contributed by atoms with Crippen molar-refractivity contribution < 1.29 is 9.47 Å². The van der Waals surface area contributed by atoms with Crippen molar-refractivity contribution in [3.05, 3.63) is 0 Å². The van der Waals surface area contributed by atoms with Gasteiger partial charge in [0.2, 0.25) is 0 Å². The molecule has 2 aliphatic rings. The highest BCUT2D eigenvalue weighted by molar-refractivity contribution is 4.92. The van der Waals surface area contributed by atoms with Crippen LogP contribution in [0.3, 0.4) is 0 Å². The SMILES string of the molecule is COC(C)CCC(N)C1CCOC2(CCCCC2)C1. The van der Waals surface area contributed by atoms with Gasteiger partial charge in [-0.25, -0.2) is 0 Å². The molecule has 1 aliphatic carbocycles. The number of methoxy groups -OCH3 is 1. The van der Waals surface area contributed by atoms with Crippen LogP contribution in [-0.2, 0) is 9.47 Å². The summed E-state index contributed by atoms with van der Waals surface area (Å²) in [5.41, 5.74) is 6.62. The Hall–Kier alpha value is -0.120. The van der Waals surface area contributed by atoms with Crippen LogP contribution in [-0.4, -0.2) is 31.5 Å². The van der Waals surface area contributed by atoms with E-state index in [1.165, 1.54) is 38.5 Å². The maximum Gasteiger partial charge on any atom is 0.0685 e. The quantitative estimate of drug-likeness (QED) is 0.833. The zero-order chi connectivity index (χ0) is 13.7. The van der Waals surface area contributed by atoms with Gasteiger partial charge < -0.3 is 15.2 Å². The topological polar surface area (TPSA) is 44.5 Å². The van der Waals surface area contributed by atoms with Gasteiger partial charge in [-0.3, -0.25) is 0 Å². The van der Waals surface area contributed by atoms with Crippen molar-refractivity contribution >= 4 is 0 Å². The molecule has 112 valence electrons. The Bertz CT molecular complexity index is 258. The highest BCUT2D eigenvalue weighted by atomic mass is 16.5. The molecule has 3 heteroatoms. The molecule has 3 atom stereocenters. The van der Waals surface area contributed by atoms with Crippen LogP contribution >= 0.6 is 0 Å². The number of ether oxygens (including phenoxy) is 2. The summed E-state index contributed by atoms with van der Waals surface area (Å²) in [7, 11) is 1.78.